The maximum absolute atomic E-state index is 6.02. The molecule has 3 nitrogen and oxygen atoms in total. The van der Waals surface area contributed by atoms with Gasteiger partial charge in [-0.2, -0.15) is 0 Å². The molecule has 0 N–H and O–H groups in total. The highest BCUT2D eigenvalue weighted by molar-refractivity contribution is 6.29. The molecule has 0 bridgehead atoms. The fourth-order valence-corrected chi connectivity index (χ4v) is 1.92. The molecule has 4 heteroatoms. The number of aromatic nitrogens is 2. The zero-order valence-corrected chi connectivity index (χ0v) is 11.2. The van der Waals surface area contributed by atoms with Crippen molar-refractivity contribution in [2.24, 2.45) is 0 Å². The lowest BCUT2D eigenvalue weighted by molar-refractivity contribution is 0.128. The maximum atomic E-state index is 6.02. The summed E-state index contributed by atoms with van der Waals surface area (Å²) in [6.45, 7) is 5.01. The van der Waals surface area contributed by atoms with Crippen LogP contribution in [0.1, 0.15) is 18.3 Å². The number of halogens is 1. The molecule has 0 spiro atoms. The van der Waals surface area contributed by atoms with Crippen LogP contribution in [0.5, 0.6) is 0 Å². The lowest BCUT2D eigenvalue weighted by Gasteiger charge is -2.07. The second-order valence-corrected chi connectivity index (χ2v) is 4.33. The van der Waals surface area contributed by atoms with Gasteiger partial charge in [0.25, 0.3) is 0 Å². The average molecular weight is 263 g/mol. The molecular formula is C14H15ClN2O. The topological polar surface area (TPSA) is 35.0 Å². The highest BCUT2D eigenvalue weighted by Gasteiger charge is 2.07. The molecule has 0 aliphatic rings. The van der Waals surface area contributed by atoms with E-state index < -0.39 is 0 Å². The zero-order valence-electron chi connectivity index (χ0n) is 10.5. The summed E-state index contributed by atoms with van der Waals surface area (Å²) in [6.07, 6.45) is 0. The number of aryl methyl sites for hydroxylation is 1. The summed E-state index contributed by atoms with van der Waals surface area (Å²) < 4.78 is 5.31. The molecule has 0 aliphatic heterocycles. The Morgan fingerprint density at radius 2 is 2.00 bits per heavy atom. The van der Waals surface area contributed by atoms with E-state index in [9.17, 15) is 0 Å². The van der Waals surface area contributed by atoms with Crippen LogP contribution in [0.2, 0.25) is 5.15 Å². The van der Waals surface area contributed by atoms with E-state index in [1.54, 1.807) is 6.07 Å². The molecule has 2 aromatic rings. The lowest BCUT2D eigenvalue weighted by atomic mass is 10.1. The van der Waals surface area contributed by atoms with Crippen LogP contribution >= 0.6 is 11.6 Å². The number of hydrogen-bond donors (Lipinski definition) is 0. The quantitative estimate of drug-likeness (QED) is 0.789. The monoisotopic (exact) mass is 262 g/mol. The molecule has 2 rings (SSSR count). The molecule has 0 atom stereocenters. The smallest absolute Gasteiger partial charge is 0.156 e. The van der Waals surface area contributed by atoms with Crippen molar-refractivity contribution in [1.82, 2.24) is 9.97 Å². The van der Waals surface area contributed by atoms with Crippen LogP contribution in [0.3, 0.4) is 0 Å². The Kier molecular flexibility index (Phi) is 4.28. The number of rotatable bonds is 4. The zero-order chi connectivity index (χ0) is 13.0. The predicted octanol–water partition coefficient (Wildman–Crippen LogP) is 3.64. The van der Waals surface area contributed by atoms with Crippen molar-refractivity contribution in [1.29, 1.82) is 0 Å². The number of ether oxygens (including phenoxy) is 1. The minimum absolute atomic E-state index is 0.385. The molecule has 0 unspecified atom stereocenters. The standard InChI is InChI=1S/C14H15ClN2O/c1-3-18-9-14-16-12(8-13(15)17-14)11-7-5-4-6-10(11)2/h4-8H,3,9H2,1-2H3. The van der Waals surface area contributed by atoms with Crippen LogP contribution in [-0.4, -0.2) is 16.6 Å². The molecule has 1 aromatic carbocycles. The van der Waals surface area contributed by atoms with Crippen LogP contribution < -0.4 is 0 Å². The Labute approximate surface area is 112 Å². The van der Waals surface area contributed by atoms with Gasteiger partial charge in [-0.3, -0.25) is 0 Å². The minimum atomic E-state index is 0.385. The Morgan fingerprint density at radius 3 is 2.72 bits per heavy atom. The molecule has 0 amide bonds. The van der Waals surface area contributed by atoms with Gasteiger partial charge in [0.05, 0.1) is 5.69 Å². The van der Waals surface area contributed by atoms with Gasteiger partial charge in [0.2, 0.25) is 0 Å². The second-order valence-electron chi connectivity index (χ2n) is 3.94. The summed E-state index contributed by atoms with van der Waals surface area (Å²) in [4.78, 5) is 8.64. The normalized spacial score (nSPS) is 10.6. The van der Waals surface area contributed by atoms with E-state index in [0.29, 0.717) is 24.2 Å². The van der Waals surface area contributed by atoms with Crippen LogP contribution in [-0.2, 0) is 11.3 Å². The first-order valence-corrected chi connectivity index (χ1v) is 6.25. The van der Waals surface area contributed by atoms with Crippen molar-refractivity contribution in [2.75, 3.05) is 6.61 Å². The molecular weight excluding hydrogens is 248 g/mol. The van der Waals surface area contributed by atoms with E-state index >= 15 is 0 Å². The van der Waals surface area contributed by atoms with E-state index in [2.05, 4.69) is 9.97 Å². The Hall–Kier alpha value is -1.45. The number of nitrogens with zero attached hydrogens (tertiary/aromatic N) is 2. The van der Waals surface area contributed by atoms with Crippen molar-refractivity contribution in [3.8, 4) is 11.3 Å². The summed E-state index contributed by atoms with van der Waals surface area (Å²) in [5, 5.41) is 0.443. The van der Waals surface area contributed by atoms with E-state index in [1.807, 2.05) is 38.1 Å². The molecule has 0 saturated heterocycles. The number of benzene rings is 1. The molecule has 0 fully saturated rings. The molecule has 0 saturated carbocycles. The van der Waals surface area contributed by atoms with E-state index in [1.165, 1.54) is 0 Å². The SMILES string of the molecule is CCOCc1nc(Cl)cc(-c2ccccc2C)n1. The Morgan fingerprint density at radius 1 is 1.22 bits per heavy atom. The molecule has 18 heavy (non-hydrogen) atoms. The third-order valence-corrected chi connectivity index (χ3v) is 2.79. The third-order valence-electron chi connectivity index (χ3n) is 2.60. The molecule has 94 valence electrons. The van der Waals surface area contributed by atoms with Gasteiger partial charge in [0, 0.05) is 18.2 Å². The van der Waals surface area contributed by atoms with E-state index in [4.69, 9.17) is 16.3 Å². The van der Waals surface area contributed by atoms with Gasteiger partial charge in [0.1, 0.15) is 11.8 Å². The summed E-state index contributed by atoms with van der Waals surface area (Å²) in [7, 11) is 0. The highest BCUT2D eigenvalue weighted by Crippen LogP contribution is 2.23. The summed E-state index contributed by atoms with van der Waals surface area (Å²) >= 11 is 6.02. The van der Waals surface area contributed by atoms with E-state index in [0.717, 1.165) is 16.8 Å². The third kappa shape index (κ3) is 3.06. The number of hydrogen-bond acceptors (Lipinski definition) is 3. The first-order chi connectivity index (χ1) is 8.70. The first kappa shape index (κ1) is 13.0. The van der Waals surface area contributed by atoms with Crippen LogP contribution in [0.15, 0.2) is 30.3 Å². The highest BCUT2D eigenvalue weighted by atomic mass is 35.5. The van der Waals surface area contributed by atoms with Gasteiger partial charge in [-0.25, -0.2) is 9.97 Å². The van der Waals surface area contributed by atoms with Gasteiger partial charge in [0.15, 0.2) is 5.82 Å². The minimum Gasteiger partial charge on any atom is -0.374 e. The van der Waals surface area contributed by atoms with Crippen LogP contribution in [0.25, 0.3) is 11.3 Å². The summed E-state index contributed by atoms with van der Waals surface area (Å²) in [6, 6.07) is 9.84. The van der Waals surface area contributed by atoms with Crippen molar-refractivity contribution in [3.63, 3.8) is 0 Å². The van der Waals surface area contributed by atoms with Crippen LogP contribution in [0, 0.1) is 6.92 Å². The summed E-state index contributed by atoms with van der Waals surface area (Å²) in [5.41, 5.74) is 3.07. The van der Waals surface area contributed by atoms with Crippen molar-refractivity contribution >= 4 is 11.6 Å². The predicted molar refractivity (Wildman–Crippen MR) is 72.5 cm³/mol. The Bertz CT molecular complexity index is 543. The van der Waals surface area contributed by atoms with Gasteiger partial charge in [-0.15, -0.1) is 0 Å². The van der Waals surface area contributed by atoms with Gasteiger partial charge >= 0.3 is 0 Å². The second kappa shape index (κ2) is 5.94. The Balaban J connectivity index is 2.39. The maximum Gasteiger partial charge on any atom is 0.156 e. The van der Waals surface area contributed by atoms with E-state index in [-0.39, 0.29) is 0 Å². The summed E-state index contributed by atoms with van der Waals surface area (Å²) in [5.74, 6) is 0.614. The largest absolute Gasteiger partial charge is 0.374 e. The van der Waals surface area contributed by atoms with Gasteiger partial charge < -0.3 is 4.74 Å². The fourth-order valence-electron chi connectivity index (χ4n) is 1.72. The van der Waals surface area contributed by atoms with Crippen molar-refractivity contribution < 1.29 is 4.74 Å². The first-order valence-electron chi connectivity index (χ1n) is 5.88. The molecule has 0 aliphatic carbocycles. The van der Waals surface area contributed by atoms with Gasteiger partial charge in [-0.05, 0) is 19.4 Å². The lowest BCUT2D eigenvalue weighted by Crippen LogP contribution is -2.01. The van der Waals surface area contributed by atoms with Crippen molar-refractivity contribution in [2.45, 2.75) is 20.5 Å². The van der Waals surface area contributed by atoms with Crippen LogP contribution in [0.4, 0.5) is 0 Å². The van der Waals surface area contributed by atoms with Gasteiger partial charge in [-0.1, -0.05) is 35.9 Å². The average Bonchev–Trinajstić information content (AvgIpc) is 2.36. The molecule has 0 radical (unpaired) electrons. The molecule has 1 aromatic heterocycles. The molecule has 1 heterocycles. The van der Waals surface area contributed by atoms with Crippen molar-refractivity contribution in [3.05, 3.63) is 46.9 Å². The fraction of sp³-hybridized carbons (Fsp3) is 0.286.